The first-order valence-electron chi connectivity index (χ1n) is 7.82. The lowest BCUT2D eigenvalue weighted by molar-refractivity contribution is -0.116. The molecule has 3 rings (SSSR count). The fraction of sp³-hybridized carbons (Fsp3) is 0.562. The second-order valence-electron chi connectivity index (χ2n) is 6.57. The normalized spacial score (nSPS) is 18.5. The summed E-state index contributed by atoms with van der Waals surface area (Å²) in [6, 6.07) is 5.19. The molecular formula is C16H22N2O3S. The molecule has 1 saturated carbocycles. The minimum absolute atomic E-state index is 0.0116. The van der Waals surface area contributed by atoms with Gasteiger partial charge in [-0.05, 0) is 48.9 Å². The molecule has 1 N–H and O–H groups in total. The number of hydrogen-bond donors (Lipinski definition) is 1. The molecule has 1 heterocycles. The van der Waals surface area contributed by atoms with Crippen LogP contribution in [0.1, 0.15) is 38.7 Å². The second kappa shape index (κ2) is 5.66. The van der Waals surface area contributed by atoms with Crippen molar-refractivity contribution in [3.63, 3.8) is 0 Å². The van der Waals surface area contributed by atoms with Crippen LogP contribution in [0.25, 0.3) is 0 Å². The van der Waals surface area contributed by atoms with Gasteiger partial charge in [-0.15, -0.1) is 0 Å². The van der Waals surface area contributed by atoms with Crippen LogP contribution in [0.2, 0.25) is 0 Å². The average Bonchev–Trinajstić information content (AvgIpc) is 3.28. The van der Waals surface area contributed by atoms with Crippen LogP contribution in [0, 0.1) is 5.92 Å². The van der Waals surface area contributed by atoms with Crippen LogP contribution in [-0.2, 0) is 21.2 Å². The first-order valence-corrected chi connectivity index (χ1v) is 9.26. The molecule has 0 radical (unpaired) electrons. The molecule has 1 amide bonds. The number of hydrogen-bond acceptors (Lipinski definition) is 3. The minimum Gasteiger partial charge on any atom is -0.326 e. The fourth-order valence-electron chi connectivity index (χ4n) is 2.82. The molecule has 0 saturated heterocycles. The highest BCUT2D eigenvalue weighted by Crippen LogP contribution is 2.34. The third-order valence-corrected chi connectivity index (χ3v) is 5.99. The van der Waals surface area contributed by atoms with Gasteiger partial charge in [-0.25, -0.2) is 8.42 Å². The number of nitrogens with one attached hydrogen (secondary N) is 1. The van der Waals surface area contributed by atoms with E-state index in [0.29, 0.717) is 30.2 Å². The van der Waals surface area contributed by atoms with E-state index in [0.717, 1.165) is 24.1 Å². The summed E-state index contributed by atoms with van der Waals surface area (Å²) in [5, 5.41) is 2.79. The van der Waals surface area contributed by atoms with Gasteiger partial charge in [0, 0.05) is 24.7 Å². The molecule has 2 aliphatic rings. The summed E-state index contributed by atoms with van der Waals surface area (Å²) in [6.45, 7) is 4.63. The Morgan fingerprint density at radius 2 is 2.00 bits per heavy atom. The molecule has 0 bridgehead atoms. The van der Waals surface area contributed by atoms with Gasteiger partial charge in [0.05, 0.1) is 4.90 Å². The van der Waals surface area contributed by atoms with Crippen LogP contribution in [0.4, 0.5) is 5.69 Å². The summed E-state index contributed by atoms with van der Waals surface area (Å²) in [6.07, 6.45) is 2.91. The number of carbonyl (C=O) groups is 1. The maximum absolute atomic E-state index is 12.9. The van der Waals surface area contributed by atoms with Gasteiger partial charge in [-0.2, -0.15) is 4.31 Å². The predicted octanol–water partition coefficient (Wildman–Crippen LogP) is 2.38. The minimum atomic E-state index is -3.46. The van der Waals surface area contributed by atoms with Crippen LogP contribution in [0.3, 0.4) is 0 Å². The molecule has 0 unspecified atom stereocenters. The Labute approximate surface area is 131 Å². The molecule has 0 aromatic heterocycles. The maximum atomic E-state index is 12.9. The van der Waals surface area contributed by atoms with Crippen molar-refractivity contribution >= 4 is 21.6 Å². The Morgan fingerprint density at radius 1 is 1.27 bits per heavy atom. The Bertz CT molecular complexity index is 693. The lowest BCUT2D eigenvalue weighted by atomic mass is 10.0. The molecule has 1 aliphatic carbocycles. The molecule has 22 heavy (non-hydrogen) atoms. The number of amides is 1. The zero-order chi connectivity index (χ0) is 15.9. The van der Waals surface area contributed by atoms with E-state index < -0.39 is 10.0 Å². The molecule has 0 spiro atoms. The molecule has 0 atom stereocenters. The number of aryl methyl sites for hydroxylation is 1. The van der Waals surface area contributed by atoms with Gasteiger partial charge in [-0.3, -0.25) is 4.79 Å². The fourth-order valence-corrected chi connectivity index (χ4v) is 4.72. The van der Waals surface area contributed by atoms with Crippen molar-refractivity contribution in [1.82, 2.24) is 4.31 Å². The summed E-state index contributed by atoms with van der Waals surface area (Å²) >= 11 is 0. The maximum Gasteiger partial charge on any atom is 0.243 e. The molecule has 5 nitrogen and oxygen atoms in total. The Morgan fingerprint density at radius 3 is 2.64 bits per heavy atom. The lowest BCUT2D eigenvalue weighted by Crippen LogP contribution is -2.36. The standard InChI is InChI=1S/C16H22N2O3S/c1-11(2)10-18(13-4-5-13)22(20,21)14-6-7-15-12(9-14)3-8-16(19)17-15/h6-7,9,11,13H,3-5,8,10H2,1-2H3,(H,17,19). The topological polar surface area (TPSA) is 66.5 Å². The van der Waals surface area contributed by atoms with E-state index in [9.17, 15) is 13.2 Å². The third kappa shape index (κ3) is 3.03. The number of anilines is 1. The van der Waals surface area contributed by atoms with E-state index in [4.69, 9.17) is 0 Å². The van der Waals surface area contributed by atoms with Crippen molar-refractivity contribution < 1.29 is 13.2 Å². The van der Waals surface area contributed by atoms with Crippen LogP contribution >= 0.6 is 0 Å². The van der Waals surface area contributed by atoms with E-state index in [1.54, 1.807) is 22.5 Å². The summed E-state index contributed by atoms with van der Waals surface area (Å²) in [5.41, 5.74) is 1.64. The van der Waals surface area contributed by atoms with Gasteiger partial charge in [0.25, 0.3) is 0 Å². The molecule has 1 aromatic carbocycles. The molecule has 120 valence electrons. The first kappa shape index (κ1) is 15.5. The van der Waals surface area contributed by atoms with Crippen molar-refractivity contribution in [2.75, 3.05) is 11.9 Å². The molecule has 1 aromatic rings. The van der Waals surface area contributed by atoms with Gasteiger partial charge in [0.15, 0.2) is 0 Å². The SMILES string of the molecule is CC(C)CN(C1CC1)S(=O)(=O)c1ccc2c(c1)CCC(=O)N2. The van der Waals surface area contributed by atoms with E-state index in [1.807, 2.05) is 13.8 Å². The van der Waals surface area contributed by atoms with Crippen molar-refractivity contribution in [3.05, 3.63) is 23.8 Å². The average molecular weight is 322 g/mol. The molecule has 1 aliphatic heterocycles. The summed E-state index contributed by atoms with van der Waals surface area (Å²) in [4.78, 5) is 11.7. The van der Waals surface area contributed by atoms with Crippen molar-refractivity contribution in [2.45, 2.75) is 50.5 Å². The predicted molar refractivity (Wildman–Crippen MR) is 85.1 cm³/mol. The highest BCUT2D eigenvalue weighted by Gasteiger charge is 2.38. The molecule has 1 fully saturated rings. The first-order chi connectivity index (χ1) is 10.4. The summed E-state index contributed by atoms with van der Waals surface area (Å²) < 4.78 is 27.5. The quantitative estimate of drug-likeness (QED) is 0.905. The summed E-state index contributed by atoms with van der Waals surface area (Å²) in [7, 11) is -3.46. The van der Waals surface area contributed by atoms with E-state index in [-0.39, 0.29) is 11.9 Å². The number of rotatable bonds is 5. The molecular weight excluding hydrogens is 300 g/mol. The number of benzene rings is 1. The van der Waals surface area contributed by atoms with Crippen molar-refractivity contribution in [3.8, 4) is 0 Å². The van der Waals surface area contributed by atoms with Crippen LogP contribution in [-0.4, -0.2) is 31.2 Å². The van der Waals surface area contributed by atoms with E-state index in [1.165, 1.54) is 0 Å². The lowest BCUT2D eigenvalue weighted by Gasteiger charge is -2.25. The number of sulfonamides is 1. The van der Waals surface area contributed by atoms with Gasteiger partial charge >= 0.3 is 0 Å². The van der Waals surface area contributed by atoms with Gasteiger partial charge in [0.2, 0.25) is 15.9 Å². The second-order valence-corrected chi connectivity index (χ2v) is 8.46. The number of fused-ring (bicyclic) bond motifs is 1. The van der Waals surface area contributed by atoms with Crippen LogP contribution in [0.15, 0.2) is 23.1 Å². The highest BCUT2D eigenvalue weighted by molar-refractivity contribution is 7.89. The Balaban J connectivity index is 1.93. The van der Waals surface area contributed by atoms with Crippen LogP contribution in [0.5, 0.6) is 0 Å². The zero-order valence-corrected chi connectivity index (χ0v) is 13.8. The zero-order valence-electron chi connectivity index (χ0n) is 13.0. The van der Waals surface area contributed by atoms with Gasteiger partial charge in [-0.1, -0.05) is 13.8 Å². The van der Waals surface area contributed by atoms with E-state index in [2.05, 4.69) is 5.32 Å². The summed E-state index contributed by atoms with van der Waals surface area (Å²) in [5.74, 6) is 0.287. The number of carbonyl (C=O) groups excluding carboxylic acids is 1. The van der Waals surface area contributed by atoms with Crippen LogP contribution < -0.4 is 5.32 Å². The number of nitrogens with zero attached hydrogens (tertiary/aromatic N) is 1. The largest absolute Gasteiger partial charge is 0.326 e. The van der Waals surface area contributed by atoms with Crippen molar-refractivity contribution in [1.29, 1.82) is 0 Å². The van der Waals surface area contributed by atoms with E-state index >= 15 is 0 Å². The molecule has 6 heteroatoms. The van der Waals surface area contributed by atoms with Gasteiger partial charge in [0.1, 0.15) is 0 Å². The smallest absolute Gasteiger partial charge is 0.243 e. The Kier molecular flexibility index (Phi) is 3.99. The van der Waals surface area contributed by atoms with Crippen molar-refractivity contribution in [2.24, 2.45) is 5.92 Å². The highest BCUT2D eigenvalue weighted by atomic mass is 32.2. The third-order valence-electron chi connectivity index (χ3n) is 4.08. The Hall–Kier alpha value is -1.40. The van der Waals surface area contributed by atoms with Gasteiger partial charge < -0.3 is 5.32 Å². The monoisotopic (exact) mass is 322 g/mol.